The van der Waals surface area contributed by atoms with Gasteiger partial charge in [0.25, 0.3) is 0 Å². The summed E-state index contributed by atoms with van der Waals surface area (Å²) in [5.74, 6) is 0.392. The summed E-state index contributed by atoms with van der Waals surface area (Å²) < 4.78 is 19.0. The first-order chi connectivity index (χ1) is 12.0. The Morgan fingerprint density at radius 2 is 2.08 bits per heavy atom. The number of rotatable bonds is 4. The van der Waals surface area contributed by atoms with E-state index in [2.05, 4.69) is 20.3 Å². The number of amides is 1. The highest BCUT2D eigenvalue weighted by molar-refractivity contribution is 5.65. The van der Waals surface area contributed by atoms with Crippen LogP contribution in [0, 0.1) is 12.9 Å². The number of halogens is 1. The average Bonchev–Trinajstić information content (AvgIpc) is 2.59. The van der Waals surface area contributed by atoms with Gasteiger partial charge in [0, 0.05) is 37.6 Å². The van der Waals surface area contributed by atoms with Gasteiger partial charge in [-0.3, -0.25) is 0 Å². The van der Waals surface area contributed by atoms with Crippen molar-refractivity contribution in [1.82, 2.24) is 19.9 Å². The van der Waals surface area contributed by atoms with Crippen molar-refractivity contribution < 1.29 is 19.0 Å². The number of pyridine rings is 1. The molecule has 0 aliphatic carbocycles. The topological polar surface area (TPSA) is 100 Å². The van der Waals surface area contributed by atoms with E-state index < -0.39 is 12.0 Å². The zero-order valence-corrected chi connectivity index (χ0v) is 13.6. The Labute approximate surface area is 143 Å². The number of anilines is 2. The number of aryl methyl sites for hydroxylation is 1. The number of piperidine rings is 1. The fourth-order valence-electron chi connectivity index (χ4n) is 2.58. The van der Waals surface area contributed by atoms with Crippen molar-refractivity contribution >= 4 is 17.6 Å². The molecule has 0 unspecified atom stereocenters. The minimum absolute atomic E-state index is 0.0897. The molecule has 0 saturated carbocycles. The van der Waals surface area contributed by atoms with Gasteiger partial charge in [0.1, 0.15) is 18.2 Å². The molecule has 2 aromatic rings. The van der Waals surface area contributed by atoms with Crippen molar-refractivity contribution in [2.24, 2.45) is 0 Å². The van der Waals surface area contributed by atoms with Crippen LogP contribution in [0.15, 0.2) is 24.7 Å². The summed E-state index contributed by atoms with van der Waals surface area (Å²) in [6, 6.07) is 3.27. The Kier molecular flexibility index (Phi) is 4.92. The van der Waals surface area contributed by atoms with Crippen molar-refractivity contribution in [3.8, 4) is 5.88 Å². The molecule has 0 spiro atoms. The lowest BCUT2D eigenvalue weighted by Gasteiger charge is -2.29. The monoisotopic (exact) mass is 347 g/mol. The highest BCUT2D eigenvalue weighted by Crippen LogP contribution is 2.21. The molecule has 2 aromatic heterocycles. The number of carboxylic acid groups (broad SMARTS) is 1. The van der Waals surface area contributed by atoms with Gasteiger partial charge in [-0.25, -0.2) is 19.7 Å². The molecular weight excluding hydrogens is 329 g/mol. The van der Waals surface area contributed by atoms with E-state index in [1.165, 1.54) is 17.4 Å². The molecule has 0 aromatic carbocycles. The zero-order chi connectivity index (χ0) is 17.8. The molecule has 132 valence electrons. The molecule has 3 rings (SSSR count). The van der Waals surface area contributed by atoms with Gasteiger partial charge in [-0.1, -0.05) is 0 Å². The van der Waals surface area contributed by atoms with Crippen molar-refractivity contribution in [2.75, 3.05) is 18.4 Å². The summed E-state index contributed by atoms with van der Waals surface area (Å²) in [4.78, 5) is 24.1. The van der Waals surface area contributed by atoms with Crippen molar-refractivity contribution in [2.45, 2.75) is 25.9 Å². The Balaban J connectivity index is 1.62. The Hall–Kier alpha value is -2.97. The van der Waals surface area contributed by atoms with E-state index in [1.807, 2.05) is 0 Å². The molecule has 2 N–H and O–H groups in total. The molecule has 1 saturated heterocycles. The third-order valence-electron chi connectivity index (χ3n) is 3.93. The molecule has 1 aliphatic rings. The average molecular weight is 347 g/mol. The number of hydrogen-bond acceptors (Lipinski definition) is 6. The maximum absolute atomic E-state index is 13.2. The largest absolute Gasteiger partial charge is 0.474 e. The van der Waals surface area contributed by atoms with E-state index >= 15 is 0 Å². The Morgan fingerprint density at radius 1 is 1.32 bits per heavy atom. The van der Waals surface area contributed by atoms with Crippen LogP contribution in [-0.4, -0.2) is 50.2 Å². The maximum atomic E-state index is 13.2. The van der Waals surface area contributed by atoms with Gasteiger partial charge in [-0.15, -0.1) is 0 Å². The van der Waals surface area contributed by atoms with Gasteiger partial charge in [0.15, 0.2) is 0 Å². The van der Waals surface area contributed by atoms with Crippen molar-refractivity contribution in [3.63, 3.8) is 0 Å². The lowest BCUT2D eigenvalue weighted by molar-refractivity contribution is 0.0870. The minimum atomic E-state index is -0.907. The summed E-state index contributed by atoms with van der Waals surface area (Å²) in [5.41, 5.74) is 1.04. The second-order valence-corrected chi connectivity index (χ2v) is 5.79. The second kappa shape index (κ2) is 7.29. The summed E-state index contributed by atoms with van der Waals surface area (Å²) in [7, 11) is 0. The van der Waals surface area contributed by atoms with Gasteiger partial charge in [0.2, 0.25) is 11.8 Å². The molecule has 1 fully saturated rings. The van der Waals surface area contributed by atoms with Crippen LogP contribution >= 0.6 is 0 Å². The van der Waals surface area contributed by atoms with Crippen LogP contribution in [0.25, 0.3) is 0 Å². The predicted molar refractivity (Wildman–Crippen MR) is 87.5 cm³/mol. The normalized spacial score (nSPS) is 15.0. The lowest BCUT2D eigenvalue weighted by Crippen LogP contribution is -2.41. The number of aromatic nitrogens is 3. The number of nitrogens with one attached hydrogen (secondary N) is 1. The summed E-state index contributed by atoms with van der Waals surface area (Å²) >= 11 is 0. The summed E-state index contributed by atoms with van der Waals surface area (Å²) in [5, 5.41) is 12.0. The molecule has 25 heavy (non-hydrogen) atoms. The van der Waals surface area contributed by atoms with Crippen LogP contribution in [0.2, 0.25) is 0 Å². The molecule has 8 nitrogen and oxygen atoms in total. The second-order valence-electron chi connectivity index (χ2n) is 5.79. The van der Waals surface area contributed by atoms with E-state index in [-0.39, 0.29) is 6.10 Å². The van der Waals surface area contributed by atoms with Gasteiger partial charge < -0.3 is 20.1 Å². The Bertz CT molecular complexity index is 765. The SMILES string of the molecule is Cc1cc(Nc2cc(OC3CCN(C(=O)O)CC3)ncn2)cnc1F. The highest BCUT2D eigenvalue weighted by atomic mass is 19.1. The quantitative estimate of drug-likeness (QED) is 0.820. The third-order valence-corrected chi connectivity index (χ3v) is 3.93. The maximum Gasteiger partial charge on any atom is 0.407 e. The highest BCUT2D eigenvalue weighted by Gasteiger charge is 2.23. The molecule has 1 aliphatic heterocycles. The molecular formula is C16H18FN5O3. The van der Waals surface area contributed by atoms with Crippen molar-refractivity contribution in [3.05, 3.63) is 36.2 Å². The fourth-order valence-corrected chi connectivity index (χ4v) is 2.58. The van der Waals surface area contributed by atoms with Crippen LogP contribution in [-0.2, 0) is 0 Å². The first kappa shape index (κ1) is 16.9. The smallest absolute Gasteiger partial charge is 0.407 e. The fraction of sp³-hybridized carbons (Fsp3) is 0.375. The molecule has 0 radical (unpaired) electrons. The van der Waals surface area contributed by atoms with Crippen LogP contribution < -0.4 is 10.1 Å². The predicted octanol–water partition coefficient (Wildman–Crippen LogP) is 2.58. The van der Waals surface area contributed by atoms with Crippen LogP contribution in [0.3, 0.4) is 0 Å². The van der Waals surface area contributed by atoms with Gasteiger partial charge >= 0.3 is 6.09 Å². The van der Waals surface area contributed by atoms with Crippen molar-refractivity contribution in [1.29, 1.82) is 0 Å². The number of carbonyl (C=O) groups is 1. The molecule has 0 atom stereocenters. The van der Waals surface area contributed by atoms with E-state index in [0.717, 1.165) is 0 Å². The number of likely N-dealkylation sites (tertiary alicyclic amines) is 1. The Morgan fingerprint density at radius 3 is 2.76 bits per heavy atom. The zero-order valence-electron chi connectivity index (χ0n) is 13.6. The van der Waals surface area contributed by atoms with Crippen LogP contribution in [0.5, 0.6) is 5.88 Å². The number of hydrogen-bond donors (Lipinski definition) is 2. The standard InChI is InChI=1S/C16H18FN5O3/c1-10-6-11(8-18-15(10)17)21-13-7-14(20-9-19-13)25-12-2-4-22(5-3-12)16(23)24/h6-9,12H,2-5H2,1H3,(H,23,24)(H,19,20,21). The minimum Gasteiger partial charge on any atom is -0.474 e. The lowest BCUT2D eigenvalue weighted by atomic mass is 10.1. The van der Waals surface area contributed by atoms with E-state index in [0.29, 0.717) is 48.9 Å². The van der Waals surface area contributed by atoms with Gasteiger partial charge in [-0.2, -0.15) is 4.39 Å². The van der Waals surface area contributed by atoms with E-state index in [1.54, 1.807) is 19.1 Å². The van der Waals surface area contributed by atoms with E-state index in [9.17, 15) is 9.18 Å². The van der Waals surface area contributed by atoms with E-state index in [4.69, 9.17) is 9.84 Å². The third kappa shape index (κ3) is 4.31. The first-order valence-corrected chi connectivity index (χ1v) is 7.87. The van der Waals surface area contributed by atoms with Gasteiger partial charge in [-0.05, 0) is 13.0 Å². The number of nitrogens with zero attached hydrogens (tertiary/aromatic N) is 4. The number of ether oxygens (including phenoxy) is 1. The summed E-state index contributed by atoms with van der Waals surface area (Å²) in [6.45, 7) is 2.51. The molecule has 1 amide bonds. The van der Waals surface area contributed by atoms with Crippen LogP contribution in [0.1, 0.15) is 18.4 Å². The van der Waals surface area contributed by atoms with Gasteiger partial charge in [0.05, 0.1) is 11.9 Å². The molecule has 3 heterocycles. The molecule has 9 heteroatoms. The first-order valence-electron chi connectivity index (χ1n) is 7.87. The summed E-state index contributed by atoms with van der Waals surface area (Å²) in [6.07, 6.45) is 2.98. The van der Waals surface area contributed by atoms with Crippen LogP contribution in [0.4, 0.5) is 20.7 Å². The molecule has 0 bridgehead atoms.